The Hall–Kier alpha value is -1.45. The first-order chi connectivity index (χ1) is 11.3. The highest BCUT2D eigenvalue weighted by molar-refractivity contribution is 7.87. The molecule has 3 rings (SSSR count). The van der Waals surface area contributed by atoms with Gasteiger partial charge in [0.15, 0.2) is 0 Å². The molecule has 3 aliphatic rings. The van der Waals surface area contributed by atoms with Crippen LogP contribution in [0.3, 0.4) is 0 Å². The summed E-state index contributed by atoms with van der Waals surface area (Å²) in [5, 5.41) is 2.04. The van der Waals surface area contributed by atoms with Gasteiger partial charge < -0.3 is 14.8 Å². The van der Waals surface area contributed by atoms with E-state index >= 15 is 0 Å². The second kappa shape index (κ2) is 6.12. The van der Waals surface area contributed by atoms with Crippen LogP contribution in [0.2, 0.25) is 0 Å². The number of rotatable bonds is 7. The monoisotopic (exact) mass is 359 g/mol. The van der Waals surface area contributed by atoms with Gasteiger partial charge in [0.2, 0.25) is 5.91 Å². The van der Waals surface area contributed by atoms with Crippen LogP contribution in [0.5, 0.6) is 0 Å². The fourth-order valence-corrected chi connectivity index (χ4v) is 6.33. The Morgan fingerprint density at radius 2 is 2.17 bits per heavy atom. The second-order valence-electron chi connectivity index (χ2n) is 6.58. The average molecular weight is 359 g/mol. The SMILES string of the molecule is C=CC(=O)NCCOC(=O)COC1C2CC3C(C2)S(=O)(=O)OC31C. The minimum Gasteiger partial charge on any atom is -0.462 e. The number of esters is 1. The zero-order valence-electron chi connectivity index (χ0n) is 13.4. The molecule has 0 radical (unpaired) electrons. The zero-order valence-corrected chi connectivity index (χ0v) is 14.2. The summed E-state index contributed by atoms with van der Waals surface area (Å²) >= 11 is 0. The van der Waals surface area contributed by atoms with Gasteiger partial charge in [0.25, 0.3) is 10.1 Å². The third-order valence-corrected chi connectivity index (χ3v) is 7.02. The molecule has 2 aliphatic carbocycles. The minimum absolute atomic E-state index is 0.0305. The molecule has 9 heteroatoms. The lowest BCUT2D eigenvalue weighted by Crippen LogP contribution is -2.46. The largest absolute Gasteiger partial charge is 0.462 e. The van der Waals surface area contributed by atoms with Crippen LogP contribution in [0.15, 0.2) is 12.7 Å². The van der Waals surface area contributed by atoms with Gasteiger partial charge in [-0.15, -0.1) is 0 Å². The van der Waals surface area contributed by atoms with Gasteiger partial charge in [-0.25, -0.2) is 4.79 Å². The number of hydrogen-bond acceptors (Lipinski definition) is 7. The molecule has 134 valence electrons. The molecule has 1 amide bonds. The molecule has 5 unspecified atom stereocenters. The first-order valence-corrected chi connectivity index (χ1v) is 9.37. The van der Waals surface area contributed by atoms with Crippen LogP contribution in [-0.2, 0) is 33.4 Å². The van der Waals surface area contributed by atoms with Crippen LogP contribution in [0.25, 0.3) is 0 Å². The fourth-order valence-electron chi connectivity index (χ4n) is 4.22. The van der Waals surface area contributed by atoms with Gasteiger partial charge >= 0.3 is 5.97 Å². The van der Waals surface area contributed by atoms with Crippen molar-refractivity contribution < 1.29 is 31.7 Å². The highest BCUT2D eigenvalue weighted by Gasteiger charge is 2.71. The maximum absolute atomic E-state index is 12.0. The number of carbonyl (C=O) groups is 2. The molecule has 24 heavy (non-hydrogen) atoms. The number of amides is 1. The summed E-state index contributed by atoms with van der Waals surface area (Å²) in [6.45, 7) is 5.00. The van der Waals surface area contributed by atoms with Crippen LogP contribution < -0.4 is 5.32 Å². The summed E-state index contributed by atoms with van der Waals surface area (Å²) in [4.78, 5) is 22.7. The van der Waals surface area contributed by atoms with Crippen molar-refractivity contribution in [3.63, 3.8) is 0 Å². The molecule has 3 fully saturated rings. The zero-order chi connectivity index (χ0) is 17.5. The minimum atomic E-state index is -3.53. The molecule has 0 aromatic heterocycles. The Morgan fingerprint density at radius 1 is 1.42 bits per heavy atom. The van der Waals surface area contributed by atoms with Crippen molar-refractivity contribution in [2.75, 3.05) is 19.8 Å². The highest BCUT2D eigenvalue weighted by atomic mass is 32.2. The van der Waals surface area contributed by atoms with Crippen LogP contribution >= 0.6 is 0 Å². The van der Waals surface area contributed by atoms with Crippen LogP contribution in [0.1, 0.15) is 19.8 Å². The number of fused-ring (bicyclic) bond motifs is 1. The van der Waals surface area contributed by atoms with Gasteiger partial charge in [-0.1, -0.05) is 6.58 Å². The molecule has 1 heterocycles. The first-order valence-electron chi connectivity index (χ1n) is 7.90. The lowest BCUT2D eigenvalue weighted by atomic mass is 9.83. The highest BCUT2D eigenvalue weighted by Crippen LogP contribution is 2.61. The summed E-state index contributed by atoms with van der Waals surface area (Å²) in [7, 11) is -3.53. The maximum atomic E-state index is 12.0. The van der Waals surface area contributed by atoms with E-state index in [9.17, 15) is 18.0 Å². The molecule has 0 aromatic rings. The molecule has 0 spiro atoms. The lowest BCUT2D eigenvalue weighted by Gasteiger charge is -2.33. The topological polar surface area (TPSA) is 108 Å². The molecule has 1 saturated heterocycles. The predicted molar refractivity (Wildman–Crippen MR) is 82.3 cm³/mol. The third-order valence-electron chi connectivity index (χ3n) is 5.17. The van der Waals surface area contributed by atoms with Gasteiger partial charge in [-0.3, -0.25) is 8.98 Å². The molecular weight excluding hydrogens is 338 g/mol. The predicted octanol–water partition coefficient (Wildman–Crippen LogP) is -0.256. The van der Waals surface area contributed by atoms with Crippen molar-refractivity contribution in [2.24, 2.45) is 11.8 Å². The molecule has 0 aromatic carbocycles. The molecule has 2 saturated carbocycles. The van der Waals surface area contributed by atoms with Gasteiger partial charge in [-0.05, 0) is 31.8 Å². The lowest BCUT2D eigenvalue weighted by molar-refractivity contribution is -0.158. The smallest absolute Gasteiger partial charge is 0.332 e. The van der Waals surface area contributed by atoms with E-state index in [-0.39, 0.29) is 37.5 Å². The molecule has 5 atom stereocenters. The van der Waals surface area contributed by atoms with Crippen LogP contribution in [-0.4, -0.2) is 57.0 Å². The van der Waals surface area contributed by atoms with E-state index in [0.29, 0.717) is 6.42 Å². The Morgan fingerprint density at radius 3 is 2.88 bits per heavy atom. The fraction of sp³-hybridized carbons (Fsp3) is 0.733. The summed E-state index contributed by atoms with van der Waals surface area (Å²) in [5.74, 6) is -0.887. The van der Waals surface area contributed by atoms with Crippen molar-refractivity contribution in [1.29, 1.82) is 0 Å². The number of hydrogen-bond donors (Lipinski definition) is 1. The molecular formula is C15H21NO7S. The van der Waals surface area contributed by atoms with Crippen molar-refractivity contribution in [3.05, 3.63) is 12.7 Å². The van der Waals surface area contributed by atoms with E-state index < -0.39 is 33.0 Å². The van der Waals surface area contributed by atoms with Crippen molar-refractivity contribution >= 4 is 22.0 Å². The van der Waals surface area contributed by atoms with Crippen molar-refractivity contribution in [1.82, 2.24) is 5.32 Å². The number of ether oxygens (including phenoxy) is 2. The third kappa shape index (κ3) is 2.84. The van der Waals surface area contributed by atoms with E-state index in [1.807, 2.05) is 0 Å². The van der Waals surface area contributed by atoms with E-state index in [1.54, 1.807) is 6.92 Å². The second-order valence-corrected chi connectivity index (χ2v) is 8.34. The molecule has 8 nitrogen and oxygen atoms in total. The quantitative estimate of drug-likeness (QED) is 0.289. The first kappa shape index (κ1) is 17.4. The van der Waals surface area contributed by atoms with Crippen molar-refractivity contribution in [3.8, 4) is 0 Å². The molecule has 1 N–H and O–H groups in total. The Balaban J connectivity index is 1.47. The van der Waals surface area contributed by atoms with E-state index in [4.69, 9.17) is 13.7 Å². The molecule has 2 bridgehead atoms. The normalized spacial score (nSPS) is 38.0. The van der Waals surface area contributed by atoms with E-state index in [2.05, 4.69) is 11.9 Å². The standard InChI is InChI=1S/C15H21NO7S/c1-3-12(17)16-4-5-21-13(18)8-22-14-9-6-10-11(7-9)24(19,20)23-15(10,14)2/h3,9-11,14H,1,4-8H2,2H3,(H,16,17). The Bertz CT molecular complexity index is 661. The van der Waals surface area contributed by atoms with E-state index in [0.717, 1.165) is 12.5 Å². The average Bonchev–Trinajstić information content (AvgIpc) is 3.09. The van der Waals surface area contributed by atoms with Gasteiger partial charge in [0.05, 0.1) is 17.9 Å². The van der Waals surface area contributed by atoms with Gasteiger partial charge in [0, 0.05) is 5.92 Å². The maximum Gasteiger partial charge on any atom is 0.332 e. The van der Waals surface area contributed by atoms with Gasteiger partial charge in [-0.2, -0.15) is 8.42 Å². The summed E-state index contributed by atoms with van der Waals surface area (Å²) in [6, 6.07) is 0. The molecule has 1 aliphatic heterocycles. The summed E-state index contributed by atoms with van der Waals surface area (Å²) in [6.07, 6.45) is 1.97. The Labute approximate surface area is 140 Å². The van der Waals surface area contributed by atoms with Gasteiger partial charge in [0.1, 0.15) is 18.8 Å². The van der Waals surface area contributed by atoms with E-state index in [1.165, 1.54) is 0 Å². The number of nitrogens with one attached hydrogen (secondary N) is 1. The van der Waals surface area contributed by atoms with Crippen molar-refractivity contribution in [2.45, 2.75) is 36.7 Å². The Kier molecular flexibility index (Phi) is 4.43. The van der Waals surface area contributed by atoms with Crippen LogP contribution in [0, 0.1) is 11.8 Å². The van der Waals surface area contributed by atoms with Crippen LogP contribution in [0.4, 0.5) is 0 Å². The number of carbonyl (C=O) groups excluding carboxylic acids is 2. The summed E-state index contributed by atoms with van der Waals surface area (Å²) in [5.41, 5.74) is -0.884. The summed E-state index contributed by atoms with van der Waals surface area (Å²) < 4.78 is 40.0.